The predicted octanol–water partition coefficient (Wildman–Crippen LogP) is 2.19. The molecule has 1 aliphatic rings. The minimum absolute atomic E-state index is 1.13. The molecule has 3 rings (SSSR count). The molecule has 70 valence electrons. The van der Waals surface area contributed by atoms with Crippen LogP contribution in [-0.2, 0) is 19.9 Å². The normalized spacial score (nSPS) is 13.5. The summed E-state index contributed by atoms with van der Waals surface area (Å²) in [5.74, 6) is 0. The zero-order chi connectivity index (χ0) is 9.54. The van der Waals surface area contributed by atoms with Gasteiger partial charge in [0.1, 0.15) is 0 Å². The Bertz CT molecular complexity index is 483. The Morgan fingerprint density at radius 3 is 2.86 bits per heavy atom. The fourth-order valence-electron chi connectivity index (χ4n) is 2.19. The molecule has 0 N–H and O–H groups in total. The van der Waals surface area contributed by atoms with Crippen molar-refractivity contribution in [2.75, 3.05) is 0 Å². The molecule has 0 unspecified atom stereocenters. The zero-order valence-electron chi connectivity index (χ0n) is 8.20. The lowest BCUT2D eigenvalue weighted by atomic mass is 9.91. The molecule has 2 nitrogen and oxygen atoms in total. The summed E-state index contributed by atoms with van der Waals surface area (Å²) in [6, 6.07) is 8.56. The van der Waals surface area contributed by atoms with Crippen LogP contribution in [-0.4, -0.2) is 9.78 Å². The third-order valence-corrected chi connectivity index (χ3v) is 2.84. The molecule has 0 radical (unpaired) electrons. The third-order valence-electron chi connectivity index (χ3n) is 2.84. The number of aryl methyl sites for hydroxylation is 3. The lowest BCUT2D eigenvalue weighted by Gasteiger charge is -2.13. The topological polar surface area (TPSA) is 17.8 Å². The van der Waals surface area contributed by atoms with E-state index >= 15 is 0 Å². The van der Waals surface area contributed by atoms with E-state index in [1.165, 1.54) is 22.4 Å². The van der Waals surface area contributed by atoms with Crippen molar-refractivity contribution in [3.05, 3.63) is 41.6 Å². The molecule has 14 heavy (non-hydrogen) atoms. The van der Waals surface area contributed by atoms with Crippen molar-refractivity contribution in [2.24, 2.45) is 7.05 Å². The minimum atomic E-state index is 1.13. The van der Waals surface area contributed by atoms with E-state index in [2.05, 4.69) is 35.6 Å². The summed E-state index contributed by atoms with van der Waals surface area (Å²) >= 11 is 0. The van der Waals surface area contributed by atoms with Crippen molar-refractivity contribution in [3.8, 4) is 11.3 Å². The summed E-state index contributed by atoms with van der Waals surface area (Å²) in [5.41, 5.74) is 5.30. The Morgan fingerprint density at radius 2 is 1.93 bits per heavy atom. The van der Waals surface area contributed by atoms with Gasteiger partial charge in [0.05, 0.1) is 5.69 Å². The highest BCUT2D eigenvalue weighted by Crippen LogP contribution is 2.31. The SMILES string of the molecule is Cn1cc2c(n1)-c1ccccc1CC2. The fraction of sp³-hybridized carbons (Fsp3) is 0.250. The Kier molecular flexibility index (Phi) is 1.51. The first-order valence-electron chi connectivity index (χ1n) is 4.95. The summed E-state index contributed by atoms with van der Waals surface area (Å²) < 4.78 is 1.91. The number of aromatic nitrogens is 2. The second-order valence-corrected chi connectivity index (χ2v) is 3.83. The van der Waals surface area contributed by atoms with Gasteiger partial charge < -0.3 is 0 Å². The van der Waals surface area contributed by atoms with Crippen LogP contribution in [0.1, 0.15) is 11.1 Å². The number of benzene rings is 1. The van der Waals surface area contributed by atoms with E-state index in [9.17, 15) is 0 Å². The number of hydrogen-bond donors (Lipinski definition) is 0. The molecule has 0 saturated carbocycles. The predicted molar refractivity (Wildman–Crippen MR) is 56.1 cm³/mol. The monoisotopic (exact) mass is 184 g/mol. The van der Waals surface area contributed by atoms with E-state index in [0.29, 0.717) is 0 Å². The molecule has 0 saturated heterocycles. The van der Waals surface area contributed by atoms with E-state index in [4.69, 9.17) is 0 Å². The molecule has 0 spiro atoms. The molecule has 2 heteroatoms. The highest BCUT2D eigenvalue weighted by Gasteiger charge is 2.17. The van der Waals surface area contributed by atoms with Crippen molar-refractivity contribution >= 4 is 0 Å². The van der Waals surface area contributed by atoms with Gasteiger partial charge >= 0.3 is 0 Å². The van der Waals surface area contributed by atoms with E-state index in [0.717, 1.165) is 12.8 Å². The Labute approximate surface area is 83.2 Å². The summed E-state index contributed by atoms with van der Waals surface area (Å²) in [5, 5.41) is 4.51. The van der Waals surface area contributed by atoms with Gasteiger partial charge in [0.2, 0.25) is 0 Å². The zero-order valence-corrected chi connectivity index (χ0v) is 8.20. The van der Waals surface area contributed by atoms with Gasteiger partial charge in [-0.2, -0.15) is 5.10 Å². The maximum atomic E-state index is 4.51. The van der Waals surface area contributed by atoms with Crippen LogP contribution in [0.2, 0.25) is 0 Å². The summed E-state index contributed by atoms with van der Waals surface area (Å²) in [6.07, 6.45) is 4.40. The molecule has 0 aliphatic heterocycles. The van der Waals surface area contributed by atoms with Crippen LogP contribution in [0.5, 0.6) is 0 Å². The Morgan fingerprint density at radius 1 is 1.14 bits per heavy atom. The number of fused-ring (bicyclic) bond motifs is 3. The largest absolute Gasteiger partial charge is 0.275 e. The van der Waals surface area contributed by atoms with Crippen molar-refractivity contribution in [2.45, 2.75) is 12.8 Å². The molecule has 0 bridgehead atoms. The molecule has 1 aromatic heterocycles. The summed E-state index contributed by atoms with van der Waals surface area (Å²) in [7, 11) is 1.99. The summed E-state index contributed by atoms with van der Waals surface area (Å²) in [6.45, 7) is 0. The maximum Gasteiger partial charge on any atom is 0.0957 e. The van der Waals surface area contributed by atoms with Crippen molar-refractivity contribution in [1.82, 2.24) is 9.78 Å². The first-order chi connectivity index (χ1) is 6.84. The number of rotatable bonds is 0. The third kappa shape index (κ3) is 1.00. The fourth-order valence-corrected chi connectivity index (χ4v) is 2.19. The van der Waals surface area contributed by atoms with Gasteiger partial charge in [-0.15, -0.1) is 0 Å². The van der Waals surface area contributed by atoms with Crippen LogP contribution < -0.4 is 0 Å². The van der Waals surface area contributed by atoms with Crippen molar-refractivity contribution < 1.29 is 0 Å². The highest BCUT2D eigenvalue weighted by atomic mass is 15.3. The molecule has 0 amide bonds. The average Bonchev–Trinajstić information content (AvgIpc) is 2.59. The Hall–Kier alpha value is -1.57. The molecular formula is C12H12N2. The Balaban J connectivity index is 2.28. The number of hydrogen-bond acceptors (Lipinski definition) is 1. The van der Waals surface area contributed by atoms with Gasteiger partial charge in [-0.3, -0.25) is 4.68 Å². The lowest BCUT2D eigenvalue weighted by molar-refractivity contribution is 0.770. The molecule has 1 heterocycles. The molecule has 1 aliphatic carbocycles. The van der Waals surface area contributed by atoms with E-state index in [1.54, 1.807) is 0 Å². The molecule has 0 fully saturated rings. The molecule has 2 aromatic rings. The molecule has 1 aromatic carbocycles. The first-order valence-corrected chi connectivity index (χ1v) is 4.95. The lowest BCUT2D eigenvalue weighted by Crippen LogP contribution is -2.01. The van der Waals surface area contributed by atoms with Crippen molar-refractivity contribution in [3.63, 3.8) is 0 Å². The van der Waals surface area contributed by atoms with Gasteiger partial charge in [0.25, 0.3) is 0 Å². The maximum absolute atomic E-state index is 4.51. The van der Waals surface area contributed by atoms with Gasteiger partial charge in [-0.05, 0) is 24.0 Å². The van der Waals surface area contributed by atoms with Crippen LogP contribution in [0.4, 0.5) is 0 Å². The van der Waals surface area contributed by atoms with Crippen LogP contribution in [0.15, 0.2) is 30.5 Å². The van der Waals surface area contributed by atoms with Gasteiger partial charge in [0, 0.05) is 18.8 Å². The van der Waals surface area contributed by atoms with E-state index in [1.807, 2.05) is 11.7 Å². The molecular weight excluding hydrogens is 172 g/mol. The van der Waals surface area contributed by atoms with Crippen LogP contribution in [0.25, 0.3) is 11.3 Å². The highest BCUT2D eigenvalue weighted by molar-refractivity contribution is 5.69. The van der Waals surface area contributed by atoms with Gasteiger partial charge in [0.15, 0.2) is 0 Å². The van der Waals surface area contributed by atoms with Crippen LogP contribution >= 0.6 is 0 Å². The van der Waals surface area contributed by atoms with Gasteiger partial charge in [-0.1, -0.05) is 24.3 Å². The second-order valence-electron chi connectivity index (χ2n) is 3.83. The summed E-state index contributed by atoms with van der Waals surface area (Å²) in [4.78, 5) is 0. The van der Waals surface area contributed by atoms with E-state index < -0.39 is 0 Å². The first kappa shape index (κ1) is 7.80. The number of nitrogens with zero attached hydrogens (tertiary/aromatic N) is 2. The van der Waals surface area contributed by atoms with Crippen LogP contribution in [0.3, 0.4) is 0 Å². The second kappa shape index (κ2) is 2.71. The smallest absolute Gasteiger partial charge is 0.0957 e. The quantitative estimate of drug-likeness (QED) is 0.613. The van der Waals surface area contributed by atoms with Gasteiger partial charge in [-0.25, -0.2) is 0 Å². The standard InChI is InChI=1S/C12H12N2/c1-14-8-10-7-6-9-4-2-3-5-11(9)12(10)13-14/h2-5,8H,6-7H2,1H3. The van der Waals surface area contributed by atoms with Crippen molar-refractivity contribution in [1.29, 1.82) is 0 Å². The average molecular weight is 184 g/mol. The molecule has 0 atom stereocenters. The van der Waals surface area contributed by atoms with E-state index in [-0.39, 0.29) is 0 Å². The minimum Gasteiger partial charge on any atom is -0.275 e. The van der Waals surface area contributed by atoms with Crippen LogP contribution in [0, 0.1) is 0 Å².